The molecule has 112 valence electrons. The van der Waals surface area contributed by atoms with Crippen molar-refractivity contribution in [3.05, 3.63) is 21.9 Å². The molecule has 1 aromatic rings. The van der Waals surface area contributed by atoms with Gasteiger partial charge in [0.2, 0.25) is 5.91 Å². The zero-order valence-electron chi connectivity index (χ0n) is 12.3. The quantitative estimate of drug-likeness (QED) is 0.766. The van der Waals surface area contributed by atoms with E-state index in [9.17, 15) is 9.90 Å². The van der Waals surface area contributed by atoms with E-state index >= 15 is 0 Å². The van der Waals surface area contributed by atoms with Gasteiger partial charge in [-0.05, 0) is 44.4 Å². The van der Waals surface area contributed by atoms with Gasteiger partial charge in [0.1, 0.15) is 0 Å². The van der Waals surface area contributed by atoms with Crippen molar-refractivity contribution < 1.29 is 9.90 Å². The molecule has 1 heterocycles. The Balaban J connectivity index is 1.66. The number of amides is 1. The van der Waals surface area contributed by atoms with Crippen molar-refractivity contribution in [2.75, 3.05) is 20.1 Å². The molecule has 20 heavy (non-hydrogen) atoms. The molecule has 1 aliphatic rings. The highest BCUT2D eigenvalue weighted by Gasteiger charge is 2.30. The first kappa shape index (κ1) is 15.5. The molecule has 5 heteroatoms. The van der Waals surface area contributed by atoms with Gasteiger partial charge in [-0.2, -0.15) is 0 Å². The molecular formula is C15H24N2O2S. The monoisotopic (exact) mass is 296 g/mol. The highest BCUT2D eigenvalue weighted by molar-refractivity contribution is 7.11. The number of rotatable bonds is 8. The van der Waals surface area contributed by atoms with E-state index in [4.69, 9.17) is 0 Å². The van der Waals surface area contributed by atoms with Crippen LogP contribution in [0.2, 0.25) is 0 Å². The molecule has 1 aliphatic carbocycles. The standard InChI is InChI=1S/C15H24N2O2S/c1-3-12-6-7-13(20-12)8-16-15(19)10-17(2)9-14(18)11-4-5-11/h6-7,11,14,18H,3-5,8-10H2,1-2H3,(H,16,19). The molecule has 0 spiro atoms. The Labute approximate surface area is 124 Å². The number of aryl methyl sites for hydroxylation is 1. The Morgan fingerprint density at radius 3 is 2.80 bits per heavy atom. The number of hydrogen-bond donors (Lipinski definition) is 2. The van der Waals surface area contributed by atoms with Gasteiger partial charge in [-0.3, -0.25) is 9.69 Å². The van der Waals surface area contributed by atoms with Crippen molar-refractivity contribution in [1.82, 2.24) is 10.2 Å². The lowest BCUT2D eigenvalue weighted by Crippen LogP contribution is -2.38. The SMILES string of the molecule is CCc1ccc(CNC(=O)CN(C)CC(O)C2CC2)s1. The van der Waals surface area contributed by atoms with Crippen molar-refractivity contribution in [1.29, 1.82) is 0 Å². The highest BCUT2D eigenvalue weighted by Crippen LogP contribution is 2.32. The van der Waals surface area contributed by atoms with Gasteiger partial charge in [-0.15, -0.1) is 11.3 Å². The lowest BCUT2D eigenvalue weighted by molar-refractivity contribution is -0.122. The van der Waals surface area contributed by atoms with Gasteiger partial charge in [0.05, 0.1) is 19.2 Å². The van der Waals surface area contributed by atoms with Crippen LogP contribution in [0.4, 0.5) is 0 Å². The third kappa shape index (κ3) is 4.89. The number of carbonyl (C=O) groups excluding carboxylic acids is 1. The van der Waals surface area contributed by atoms with E-state index in [1.807, 2.05) is 11.9 Å². The van der Waals surface area contributed by atoms with Gasteiger partial charge >= 0.3 is 0 Å². The number of likely N-dealkylation sites (N-methyl/N-ethyl adjacent to an activating group) is 1. The van der Waals surface area contributed by atoms with Gasteiger partial charge in [0.25, 0.3) is 0 Å². The number of nitrogens with one attached hydrogen (secondary N) is 1. The summed E-state index contributed by atoms with van der Waals surface area (Å²) in [6, 6.07) is 4.19. The van der Waals surface area contributed by atoms with Gasteiger partial charge in [0, 0.05) is 16.3 Å². The second-order valence-electron chi connectivity index (χ2n) is 5.60. The Bertz CT molecular complexity index is 443. The molecule has 0 radical (unpaired) electrons. The summed E-state index contributed by atoms with van der Waals surface area (Å²) in [6.45, 7) is 3.66. The van der Waals surface area contributed by atoms with E-state index in [0.29, 0.717) is 25.6 Å². The van der Waals surface area contributed by atoms with E-state index in [-0.39, 0.29) is 12.0 Å². The van der Waals surface area contributed by atoms with Crippen molar-refractivity contribution in [3.63, 3.8) is 0 Å². The largest absolute Gasteiger partial charge is 0.392 e. The summed E-state index contributed by atoms with van der Waals surface area (Å²) >= 11 is 1.75. The molecular weight excluding hydrogens is 272 g/mol. The van der Waals surface area contributed by atoms with Crippen LogP contribution in [-0.2, 0) is 17.8 Å². The van der Waals surface area contributed by atoms with E-state index in [1.54, 1.807) is 11.3 Å². The fraction of sp³-hybridized carbons (Fsp3) is 0.667. The zero-order valence-corrected chi connectivity index (χ0v) is 13.1. The van der Waals surface area contributed by atoms with E-state index in [0.717, 1.165) is 19.3 Å². The molecule has 1 atom stereocenters. The molecule has 0 aromatic carbocycles. The zero-order chi connectivity index (χ0) is 14.5. The molecule has 2 N–H and O–H groups in total. The lowest BCUT2D eigenvalue weighted by Gasteiger charge is -2.19. The minimum atomic E-state index is -0.280. The van der Waals surface area contributed by atoms with Gasteiger partial charge in [-0.1, -0.05) is 6.92 Å². The van der Waals surface area contributed by atoms with Gasteiger partial charge in [0.15, 0.2) is 0 Å². The summed E-state index contributed by atoms with van der Waals surface area (Å²) in [5, 5.41) is 12.8. The van der Waals surface area contributed by atoms with Crippen LogP contribution in [0.1, 0.15) is 29.5 Å². The number of thiophene rings is 1. The van der Waals surface area contributed by atoms with Crippen LogP contribution < -0.4 is 5.32 Å². The highest BCUT2D eigenvalue weighted by atomic mass is 32.1. The first-order valence-corrected chi connectivity index (χ1v) is 8.11. The van der Waals surface area contributed by atoms with E-state index < -0.39 is 0 Å². The van der Waals surface area contributed by atoms with Crippen LogP contribution in [0.3, 0.4) is 0 Å². The molecule has 0 bridgehead atoms. The van der Waals surface area contributed by atoms with Gasteiger partial charge in [-0.25, -0.2) is 0 Å². The number of carbonyl (C=O) groups is 1. The van der Waals surface area contributed by atoms with E-state index in [1.165, 1.54) is 9.75 Å². The fourth-order valence-electron chi connectivity index (χ4n) is 2.21. The normalized spacial score (nSPS) is 16.4. The second kappa shape index (κ2) is 7.20. The van der Waals surface area contributed by atoms with Crippen LogP contribution in [0.25, 0.3) is 0 Å². The summed E-state index contributed by atoms with van der Waals surface area (Å²) < 4.78 is 0. The maximum absolute atomic E-state index is 11.8. The Morgan fingerprint density at radius 1 is 1.50 bits per heavy atom. The molecule has 0 saturated heterocycles. The predicted molar refractivity (Wildman–Crippen MR) is 81.8 cm³/mol. The second-order valence-corrected chi connectivity index (χ2v) is 6.85. The molecule has 0 aliphatic heterocycles. The predicted octanol–water partition coefficient (Wildman–Crippen LogP) is 1.63. The van der Waals surface area contributed by atoms with Crippen molar-refractivity contribution >= 4 is 17.2 Å². The molecule has 1 amide bonds. The van der Waals surface area contributed by atoms with Crippen LogP contribution in [0.15, 0.2) is 12.1 Å². The molecule has 1 fully saturated rings. The smallest absolute Gasteiger partial charge is 0.234 e. The van der Waals surface area contributed by atoms with Crippen molar-refractivity contribution in [3.8, 4) is 0 Å². The first-order chi connectivity index (χ1) is 9.58. The van der Waals surface area contributed by atoms with Crippen LogP contribution in [-0.4, -0.2) is 42.2 Å². The molecule has 1 saturated carbocycles. The molecule has 1 unspecified atom stereocenters. The summed E-state index contributed by atoms with van der Waals surface area (Å²) in [4.78, 5) is 16.3. The maximum Gasteiger partial charge on any atom is 0.234 e. The molecule has 4 nitrogen and oxygen atoms in total. The molecule has 1 aromatic heterocycles. The first-order valence-electron chi connectivity index (χ1n) is 7.29. The van der Waals surface area contributed by atoms with Crippen LogP contribution in [0.5, 0.6) is 0 Å². The Morgan fingerprint density at radius 2 is 2.20 bits per heavy atom. The Hall–Kier alpha value is -0.910. The maximum atomic E-state index is 11.8. The van der Waals surface area contributed by atoms with Crippen molar-refractivity contribution in [2.45, 2.75) is 38.8 Å². The number of nitrogens with zero attached hydrogens (tertiary/aromatic N) is 1. The topological polar surface area (TPSA) is 52.6 Å². The summed E-state index contributed by atoms with van der Waals surface area (Å²) in [5.74, 6) is 0.473. The lowest BCUT2D eigenvalue weighted by atomic mass is 10.2. The van der Waals surface area contributed by atoms with Crippen LogP contribution >= 0.6 is 11.3 Å². The fourth-order valence-corrected chi connectivity index (χ4v) is 3.11. The average molecular weight is 296 g/mol. The van der Waals surface area contributed by atoms with Crippen molar-refractivity contribution in [2.24, 2.45) is 5.92 Å². The minimum Gasteiger partial charge on any atom is -0.392 e. The van der Waals surface area contributed by atoms with Gasteiger partial charge < -0.3 is 10.4 Å². The average Bonchev–Trinajstić information content (AvgIpc) is 3.16. The minimum absolute atomic E-state index is 0.0157. The number of aliphatic hydroxyl groups is 1. The van der Waals surface area contributed by atoms with E-state index in [2.05, 4.69) is 24.4 Å². The third-order valence-electron chi connectivity index (χ3n) is 3.60. The summed E-state index contributed by atoms with van der Waals surface area (Å²) in [6.07, 6.45) is 3.01. The Kier molecular flexibility index (Phi) is 5.57. The van der Waals surface area contributed by atoms with Crippen LogP contribution in [0, 0.1) is 5.92 Å². The summed E-state index contributed by atoms with van der Waals surface area (Å²) in [5.41, 5.74) is 0. The molecule has 2 rings (SSSR count). The number of hydrogen-bond acceptors (Lipinski definition) is 4. The number of aliphatic hydroxyl groups excluding tert-OH is 1. The third-order valence-corrected chi connectivity index (χ3v) is 4.83. The summed E-state index contributed by atoms with van der Waals surface area (Å²) in [7, 11) is 1.88.